The third-order valence-corrected chi connectivity index (χ3v) is 1.66. The van der Waals surface area contributed by atoms with Crippen molar-refractivity contribution in [1.29, 1.82) is 0 Å². The fourth-order valence-electron chi connectivity index (χ4n) is 0.941. The van der Waals surface area contributed by atoms with Crippen LogP contribution in [0, 0.1) is 6.92 Å². The van der Waals surface area contributed by atoms with Crippen LogP contribution in [-0.2, 0) is 4.79 Å². The van der Waals surface area contributed by atoms with Gasteiger partial charge in [-0.2, -0.15) is 13.2 Å². The van der Waals surface area contributed by atoms with Crippen LogP contribution in [0.15, 0.2) is 18.2 Å². The Balaban J connectivity index is 2.87. The average Bonchev–Trinajstić information content (AvgIpc) is 2.08. The summed E-state index contributed by atoms with van der Waals surface area (Å²) in [7, 11) is 0. The summed E-state index contributed by atoms with van der Waals surface area (Å²) in [6.45, 7) is 1.66. The van der Waals surface area contributed by atoms with Gasteiger partial charge in [-0.3, -0.25) is 4.79 Å². The number of rotatable bonds is 1. The molecule has 15 heavy (non-hydrogen) atoms. The van der Waals surface area contributed by atoms with Crippen molar-refractivity contribution in [2.45, 2.75) is 13.1 Å². The van der Waals surface area contributed by atoms with Crippen molar-refractivity contribution in [3.63, 3.8) is 0 Å². The van der Waals surface area contributed by atoms with Crippen molar-refractivity contribution < 1.29 is 23.1 Å². The number of phenols is 1. The Bertz CT molecular complexity index is 387. The lowest BCUT2D eigenvalue weighted by molar-refractivity contribution is -0.167. The van der Waals surface area contributed by atoms with Gasteiger partial charge >= 0.3 is 12.1 Å². The molecule has 0 bridgehead atoms. The zero-order valence-corrected chi connectivity index (χ0v) is 7.72. The first-order valence-electron chi connectivity index (χ1n) is 3.98. The second kappa shape index (κ2) is 3.80. The van der Waals surface area contributed by atoms with Gasteiger partial charge in [0.2, 0.25) is 0 Å². The van der Waals surface area contributed by atoms with Gasteiger partial charge in [0.15, 0.2) is 0 Å². The summed E-state index contributed by atoms with van der Waals surface area (Å²) in [5.74, 6) is -2.51. The Labute approximate surface area is 83.5 Å². The molecule has 0 aromatic heterocycles. The first kappa shape index (κ1) is 11.4. The Hall–Kier alpha value is -1.72. The number of carbonyl (C=O) groups is 1. The maximum absolute atomic E-state index is 11.9. The molecule has 82 valence electrons. The summed E-state index contributed by atoms with van der Waals surface area (Å²) >= 11 is 0. The number of anilines is 1. The summed E-state index contributed by atoms with van der Waals surface area (Å²) < 4.78 is 35.6. The normalized spacial score (nSPS) is 11.2. The second-order valence-electron chi connectivity index (χ2n) is 2.97. The lowest BCUT2D eigenvalue weighted by Gasteiger charge is -2.09. The maximum atomic E-state index is 11.9. The van der Waals surface area contributed by atoms with Crippen molar-refractivity contribution in [2.24, 2.45) is 0 Å². The van der Waals surface area contributed by atoms with E-state index in [2.05, 4.69) is 0 Å². The minimum absolute atomic E-state index is 0.261. The molecule has 0 saturated carbocycles. The molecule has 2 N–H and O–H groups in total. The number of nitrogens with one attached hydrogen (secondary N) is 1. The quantitative estimate of drug-likeness (QED) is 0.711. The van der Waals surface area contributed by atoms with E-state index in [1.165, 1.54) is 18.2 Å². The zero-order chi connectivity index (χ0) is 11.6. The van der Waals surface area contributed by atoms with E-state index in [1.54, 1.807) is 12.2 Å². The predicted octanol–water partition coefficient (Wildman–Crippen LogP) is 2.20. The molecule has 0 aliphatic carbocycles. The van der Waals surface area contributed by atoms with E-state index in [1.807, 2.05) is 0 Å². The van der Waals surface area contributed by atoms with Crippen LogP contribution in [0.5, 0.6) is 5.75 Å². The molecule has 0 aliphatic rings. The highest BCUT2D eigenvalue weighted by Gasteiger charge is 2.38. The van der Waals surface area contributed by atoms with E-state index in [4.69, 9.17) is 0 Å². The number of aromatic hydroxyl groups is 1. The summed E-state index contributed by atoms with van der Waals surface area (Å²) in [6.07, 6.45) is -4.96. The number of halogens is 3. The fraction of sp³-hybridized carbons (Fsp3) is 0.222. The molecule has 0 heterocycles. The highest BCUT2D eigenvalue weighted by atomic mass is 19.4. The molecule has 0 aliphatic heterocycles. The van der Waals surface area contributed by atoms with Gasteiger partial charge < -0.3 is 10.4 Å². The number of phenolic OH excluding ortho intramolecular Hbond substituents is 1. The first-order valence-corrected chi connectivity index (χ1v) is 3.98. The number of benzene rings is 1. The van der Waals surface area contributed by atoms with Crippen LogP contribution < -0.4 is 5.32 Å². The number of amides is 1. The topological polar surface area (TPSA) is 49.3 Å². The largest absolute Gasteiger partial charge is 0.506 e. The summed E-state index contributed by atoms with van der Waals surface area (Å²) in [4.78, 5) is 10.5. The van der Waals surface area contributed by atoms with Gasteiger partial charge in [0, 0.05) is 0 Å². The van der Waals surface area contributed by atoms with Crippen LogP contribution >= 0.6 is 0 Å². The molecular weight excluding hydrogens is 211 g/mol. The molecular formula is C9H8F3NO2. The van der Waals surface area contributed by atoms with Gasteiger partial charge in [-0.1, -0.05) is 6.07 Å². The van der Waals surface area contributed by atoms with Gasteiger partial charge in [-0.05, 0) is 24.6 Å². The molecule has 1 aromatic rings. The lowest BCUT2D eigenvalue weighted by Crippen LogP contribution is -2.29. The Morgan fingerprint density at radius 2 is 2.00 bits per heavy atom. The smallest absolute Gasteiger partial charge is 0.471 e. The molecule has 0 radical (unpaired) electrons. The van der Waals surface area contributed by atoms with Gasteiger partial charge in [0.25, 0.3) is 0 Å². The third-order valence-electron chi connectivity index (χ3n) is 1.66. The minimum atomic E-state index is -4.96. The molecule has 1 rings (SSSR count). The second-order valence-corrected chi connectivity index (χ2v) is 2.97. The van der Waals surface area contributed by atoms with E-state index in [0.29, 0.717) is 5.56 Å². The average molecular weight is 219 g/mol. The van der Waals surface area contributed by atoms with E-state index < -0.39 is 17.8 Å². The molecule has 6 heteroatoms. The van der Waals surface area contributed by atoms with Gasteiger partial charge in [-0.25, -0.2) is 0 Å². The number of hydrogen-bond acceptors (Lipinski definition) is 2. The Morgan fingerprint density at radius 1 is 1.40 bits per heavy atom. The molecule has 3 nitrogen and oxygen atoms in total. The van der Waals surface area contributed by atoms with Crippen molar-refractivity contribution in [3.05, 3.63) is 23.8 Å². The molecule has 0 atom stereocenters. The van der Waals surface area contributed by atoms with Crippen molar-refractivity contribution in [2.75, 3.05) is 5.32 Å². The number of aryl methyl sites for hydroxylation is 1. The summed E-state index contributed by atoms with van der Waals surface area (Å²) in [6, 6.07) is 3.94. The Kier molecular flexibility index (Phi) is 2.88. The van der Waals surface area contributed by atoms with E-state index in [0.717, 1.165) is 0 Å². The summed E-state index contributed by atoms with van der Waals surface area (Å²) in [5.41, 5.74) is 0.417. The zero-order valence-electron chi connectivity index (χ0n) is 7.72. The predicted molar refractivity (Wildman–Crippen MR) is 47.5 cm³/mol. The first-order chi connectivity index (χ1) is 6.80. The number of alkyl halides is 3. The fourth-order valence-corrected chi connectivity index (χ4v) is 0.941. The molecule has 1 aromatic carbocycles. The minimum Gasteiger partial charge on any atom is -0.506 e. The molecule has 0 unspecified atom stereocenters. The van der Waals surface area contributed by atoms with Crippen molar-refractivity contribution >= 4 is 11.6 Å². The Morgan fingerprint density at radius 3 is 2.47 bits per heavy atom. The standard InChI is InChI=1S/C9H8F3NO2/c1-5-2-3-6(7(14)4-5)13-8(15)9(10,11)12/h2-4,14H,1H3,(H,13,15). The van der Waals surface area contributed by atoms with Gasteiger partial charge in [-0.15, -0.1) is 0 Å². The molecule has 0 fully saturated rings. The van der Waals surface area contributed by atoms with Crippen molar-refractivity contribution in [3.8, 4) is 5.75 Å². The van der Waals surface area contributed by atoms with Crippen LogP contribution in [0.1, 0.15) is 5.56 Å². The van der Waals surface area contributed by atoms with E-state index in [-0.39, 0.29) is 5.69 Å². The van der Waals surface area contributed by atoms with E-state index in [9.17, 15) is 23.1 Å². The highest BCUT2D eigenvalue weighted by Crippen LogP contribution is 2.26. The SMILES string of the molecule is Cc1ccc(NC(=O)C(F)(F)F)c(O)c1. The van der Waals surface area contributed by atoms with Crippen LogP contribution in [0.4, 0.5) is 18.9 Å². The van der Waals surface area contributed by atoms with Crippen LogP contribution in [0.2, 0.25) is 0 Å². The monoisotopic (exact) mass is 219 g/mol. The number of carbonyl (C=O) groups excluding carboxylic acids is 1. The molecule has 0 saturated heterocycles. The van der Waals surface area contributed by atoms with Crippen LogP contribution in [-0.4, -0.2) is 17.2 Å². The maximum Gasteiger partial charge on any atom is 0.471 e. The highest BCUT2D eigenvalue weighted by molar-refractivity contribution is 5.96. The van der Waals surface area contributed by atoms with E-state index >= 15 is 0 Å². The lowest BCUT2D eigenvalue weighted by atomic mass is 10.2. The third kappa shape index (κ3) is 2.87. The molecule has 1 amide bonds. The van der Waals surface area contributed by atoms with Crippen molar-refractivity contribution in [1.82, 2.24) is 0 Å². The number of hydrogen-bond donors (Lipinski definition) is 2. The summed E-state index contributed by atoms with van der Waals surface area (Å²) in [5, 5.41) is 10.8. The van der Waals surface area contributed by atoms with Crippen LogP contribution in [0.3, 0.4) is 0 Å². The molecule has 0 spiro atoms. The van der Waals surface area contributed by atoms with Gasteiger partial charge in [0.05, 0.1) is 5.69 Å². The van der Waals surface area contributed by atoms with Crippen LogP contribution in [0.25, 0.3) is 0 Å². The van der Waals surface area contributed by atoms with Gasteiger partial charge in [0.1, 0.15) is 5.75 Å².